The maximum atomic E-state index is 7.01. The molecular formula is C26H50OSSiSn. The van der Waals surface area contributed by atoms with Crippen LogP contribution in [0.15, 0.2) is 6.07 Å². The molecular weight excluding hydrogens is 507 g/mol. The second-order valence-corrected chi connectivity index (χ2v) is 31.4. The van der Waals surface area contributed by atoms with Crippen LogP contribution < -0.4 is 2.89 Å². The molecule has 0 saturated heterocycles. The average Bonchev–Trinajstić information content (AvgIpc) is 3.12. The summed E-state index contributed by atoms with van der Waals surface area (Å²) in [5.74, 6) is 0. The maximum absolute atomic E-state index is 7.01. The van der Waals surface area contributed by atoms with E-state index in [0.29, 0.717) is 6.10 Å². The Kier molecular flexibility index (Phi) is 10.5. The molecule has 0 radical (unpaired) electrons. The summed E-state index contributed by atoms with van der Waals surface area (Å²) in [6.45, 7) is 19.2. The van der Waals surface area contributed by atoms with Crippen LogP contribution in [0.4, 0.5) is 0 Å². The summed E-state index contributed by atoms with van der Waals surface area (Å²) in [5.41, 5.74) is 1.62. The van der Waals surface area contributed by atoms with Crippen LogP contribution in [-0.4, -0.2) is 26.7 Å². The van der Waals surface area contributed by atoms with Crippen LogP contribution >= 0.6 is 11.3 Å². The fourth-order valence-electron chi connectivity index (χ4n) is 4.72. The number of unbranched alkanes of at least 4 members (excludes halogenated alkanes) is 3. The molecule has 1 aliphatic rings. The van der Waals surface area contributed by atoms with Crippen molar-refractivity contribution in [1.29, 1.82) is 0 Å². The molecule has 0 saturated carbocycles. The summed E-state index contributed by atoms with van der Waals surface area (Å²) < 4.78 is 13.7. The zero-order chi connectivity index (χ0) is 22.4. The van der Waals surface area contributed by atoms with E-state index in [1.165, 1.54) is 57.8 Å². The molecule has 1 nitrogen and oxygen atoms in total. The van der Waals surface area contributed by atoms with Gasteiger partial charge in [0.2, 0.25) is 0 Å². The van der Waals surface area contributed by atoms with Gasteiger partial charge in [-0.15, -0.1) is 0 Å². The van der Waals surface area contributed by atoms with Crippen LogP contribution in [0.5, 0.6) is 0 Å². The minimum absolute atomic E-state index is 0.288. The van der Waals surface area contributed by atoms with Gasteiger partial charge in [-0.1, -0.05) is 0 Å². The Hall–Kier alpha value is 0.676. The third-order valence-corrected chi connectivity index (χ3v) is 31.8. The molecule has 174 valence electrons. The van der Waals surface area contributed by atoms with Gasteiger partial charge in [-0.3, -0.25) is 0 Å². The molecule has 0 fully saturated rings. The van der Waals surface area contributed by atoms with E-state index in [4.69, 9.17) is 4.43 Å². The van der Waals surface area contributed by atoms with E-state index in [1.54, 1.807) is 23.8 Å². The van der Waals surface area contributed by atoms with E-state index >= 15 is 0 Å². The molecule has 4 heteroatoms. The molecule has 0 bridgehead atoms. The zero-order valence-electron chi connectivity index (χ0n) is 21.5. The standard InChI is InChI=1S/C14H23OSSi.3C4H9.Sn/c1-14(2,3)17(4,5)15-12-7-6-8-13-11(12)9-10-16-13;3*1-3-4-2;/h9,12H,6-8H2,1-5H3;3*1,3-4H2,2H3;. The van der Waals surface area contributed by atoms with Gasteiger partial charge in [0, 0.05) is 0 Å². The van der Waals surface area contributed by atoms with E-state index in [-0.39, 0.29) is 5.04 Å². The minimum atomic E-state index is -2.33. The van der Waals surface area contributed by atoms with Gasteiger partial charge in [0.15, 0.2) is 0 Å². The van der Waals surface area contributed by atoms with Crippen molar-refractivity contribution >= 4 is 40.9 Å². The van der Waals surface area contributed by atoms with Crippen LogP contribution in [0, 0.1) is 0 Å². The molecule has 0 N–H and O–H groups in total. The van der Waals surface area contributed by atoms with E-state index in [1.807, 2.05) is 2.89 Å². The molecule has 1 atom stereocenters. The molecule has 0 amide bonds. The molecule has 30 heavy (non-hydrogen) atoms. The summed E-state index contributed by atoms with van der Waals surface area (Å²) in [4.78, 5) is 1.70. The van der Waals surface area contributed by atoms with Gasteiger partial charge in [0.05, 0.1) is 0 Å². The van der Waals surface area contributed by atoms with Crippen molar-refractivity contribution < 1.29 is 4.43 Å². The Morgan fingerprint density at radius 2 is 1.53 bits per heavy atom. The van der Waals surface area contributed by atoms with E-state index < -0.39 is 26.7 Å². The Bertz CT molecular complexity index is 624. The number of aryl methyl sites for hydroxylation is 1. The van der Waals surface area contributed by atoms with Gasteiger partial charge in [0.1, 0.15) is 0 Å². The number of fused-ring (bicyclic) bond motifs is 1. The molecule has 0 spiro atoms. The van der Waals surface area contributed by atoms with E-state index in [9.17, 15) is 0 Å². The number of thiophene rings is 1. The fraction of sp³-hybridized carbons (Fsp3) is 0.846. The molecule has 0 aliphatic heterocycles. The van der Waals surface area contributed by atoms with Crippen molar-refractivity contribution in [2.75, 3.05) is 0 Å². The van der Waals surface area contributed by atoms with Crippen molar-refractivity contribution in [3.05, 3.63) is 16.5 Å². The van der Waals surface area contributed by atoms with Gasteiger partial charge in [-0.25, -0.2) is 0 Å². The van der Waals surface area contributed by atoms with Gasteiger partial charge in [0.25, 0.3) is 0 Å². The van der Waals surface area contributed by atoms with Crippen LogP contribution in [0.3, 0.4) is 0 Å². The summed E-state index contributed by atoms with van der Waals surface area (Å²) in [6.07, 6.45) is 12.7. The van der Waals surface area contributed by atoms with Gasteiger partial charge in [-0.05, 0) is 0 Å². The Morgan fingerprint density at radius 3 is 2.00 bits per heavy atom. The summed E-state index contributed by atoms with van der Waals surface area (Å²) >= 11 is -0.0669. The topological polar surface area (TPSA) is 9.23 Å². The first-order valence-electron chi connectivity index (χ1n) is 12.9. The molecule has 1 aromatic heterocycles. The molecule has 2 rings (SSSR count). The van der Waals surface area contributed by atoms with Crippen molar-refractivity contribution in [3.63, 3.8) is 0 Å². The summed E-state index contributed by atoms with van der Waals surface area (Å²) in [5, 5.41) is 0.288. The molecule has 1 aliphatic carbocycles. The number of hydrogen-bond donors (Lipinski definition) is 0. The van der Waals surface area contributed by atoms with Crippen molar-refractivity contribution in [2.45, 2.75) is 137 Å². The van der Waals surface area contributed by atoms with Crippen LogP contribution in [-0.2, 0) is 10.8 Å². The molecule has 0 aromatic carbocycles. The summed E-state index contributed by atoms with van der Waals surface area (Å²) in [6, 6.07) is 2.73. The Labute approximate surface area is 197 Å². The zero-order valence-corrected chi connectivity index (χ0v) is 26.1. The Balaban J connectivity index is 2.39. The van der Waals surface area contributed by atoms with Crippen molar-refractivity contribution in [2.24, 2.45) is 0 Å². The van der Waals surface area contributed by atoms with Crippen molar-refractivity contribution in [3.8, 4) is 0 Å². The second kappa shape index (κ2) is 11.7. The second-order valence-electron chi connectivity index (χ2n) is 11.3. The average molecular weight is 558 g/mol. The number of rotatable bonds is 12. The first kappa shape index (κ1) is 26.9. The molecule has 1 unspecified atom stereocenters. The molecule has 1 aromatic rings. The monoisotopic (exact) mass is 558 g/mol. The quantitative estimate of drug-likeness (QED) is 0.233. The van der Waals surface area contributed by atoms with Crippen molar-refractivity contribution in [1.82, 2.24) is 0 Å². The predicted octanol–water partition coefficient (Wildman–Crippen LogP) is 9.20. The van der Waals surface area contributed by atoms with Crippen LogP contribution in [0.1, 0.15) is 109 Å². The van der Waals surface area contributed by atoms with E-state index in [0.717, 1.165) is 0 Å². The van der Waals surface area contributed by atoms with Crippen LogP contribution in [0.2, 0.25) is 31.4 Å². The molecule has 1 heterocycles. The fourth-order valence-corrected chi connectivity index (χ4v) is 26.6. The van der Waals surface area contributed by atoms with Gasteiger partial charge >= 0.3 is 199 Å². The first-order chi connectivity index (χ1) is 14.1. The predicted molar refractivity (Wildman–Crippen MR) is 143 cm³/mol. The third kappa shape index (κ3) is 6.60. The number of hydrogen-bond acceptors (Lipinski definition) is 2. The van der Waals surface area contributed by atoms with Gasteiger partial charge in [-0.2, -0.15) is 0 Å². The first-order valence-corrected chi connectivity index (χ1v) is 24.1. The summed E-state index contributed by atoms with van der Waals surface area (Å²) in [7, 11) is -1.74. The SMILES string of the molecule is CCC[CH2][Sn]([CH2]CCC)([CH2]CCC)[c]1cc2c(s1)CCCC2O[Si](C)(C)C(C)(C)C. The Morgan fingerprint density at radius 1 is 1.00 bits per heavy atom. The normalized spacial score (nSPS) is 17.9. The van der Waals surface area contributed by atoms with Crippen LogP contribution in [0.25, 0.3) is 0 Å². The third-order valence-electron chi connectivity index (χ3n) is 7.85. The van der Waals surface area contributed by atoms with E-state index in [2.05, 4.69) is 72.0 Å². The van der Waals surface area contributed by atoms with Gasteiger partial charge < -0.3 is 0 Å².